The molecule has 12 heteroatoms. The maximum absolute atomic E-state index is 12.4. The van der Waals surface area contributed by atoms with Gasteiger partial charge in [0, 0.05) is 23.2 Å². The zero-order chi connectivity index (χ0) is 24.0. The highest BCUT2D eigenvalue weighted by Gasteiger charge is 2.34. The fourth-order valence-electron chi connectivity index (χ4n) is 3.02. The molecule has 1 aliphatic carbocycles. The number of benzene rings is 1. The molecule has 1 aromatic rings. The van der Waals surface area contributed by atoms with Gasteiger partial charge in [-0.05, 0) is 31.2 Å². The number of anilines is 1. The number of rotatable bonds is 8. The van der Waals surface area contributed by atoms with Crippen molar-refractivity contribution in [3.63, 3.8) is 0 Å². The molecule has 0 aliphatic heterocycles. The van der Waals surface area contributed by atoms with Crippen LogP contribution in [0.2, 0.25) is 0 Å². The Balaban J connectivity index is 2.09. The molecular weight excluding hydrogens is 424 g/mol. The SMILES string of the molecule is CC(=O)c1ccc(NC(=O)NC2C=C(C(=O)NC(CC(=O)O)C(N)=O)CC(O)C2O)cc1. The number of carboxylic acid groups (broad SMARTS) is 1. The molecule has 172 valence electrons. The summed E-state index contributed by atoms with van der Waals surface area (Å²) >= 11 is 0. The molecule has 32 heavy (non-hydrogen) atoms. The van der Waals surface area contributed by atoms with E-state index in [-0.39, 0.29) is 17.8 Å². The summed E-state index contributed by atoms with van der Waals surface area (Å²) in [7, 11) is 0. The second-order valence-corrected chi connectivity index (χ2v) is 7.24. The molecule has 2 rings (SSSR count). The number of carbonyl (C=O) groups excluding carboxylic acids is 4. The first-order valence-electron chi connectivity index (χ1n) is 9.55. The van der Waals surface area contributed by atoms with Gasteiger partial charge in [0.05, 0.1) is 18.6 Å². The summed E-state index contributed by atoms with van der Waals surface area (Å²) in [6, 6.07) is 2.65. The number of aliphatic hydroxyl groups excluding tert-OH is 2. The third-order valence-corrected chi connectivity index (χ3v) is 4.74. The molecule has 4 unspecified atom stereocenters. The number of nitrogens with one attached hydrogen (secondary N) is 3. The van der Waals surface area contributed by atoms with E-state index in [0.29, 0.717) is 11.3 Å². The Kier molecular flexibility index (Phi) is 8.04. The fourth-order valence-corrected chi connectivity index (χ4v) is 3.02. The monoisotopic (exact) mass is 448 g/mol. The molecule has 0 aromatic heterocycles. The van der Waals surface area contributed by atoms with Gasteiger partial charge in [0.2, 0.25) is 11.8 Å². The second-order valence-electron chi connectivity index (χ2n) is 7.24. The van der Waals surface area contributed by atoms with Crippen molar-refractivity contribution in [2.45, 2.75) is 44.1 Å². The van der Waals surface area contributed by atoms with E-state index in [0.717, 1.165) is 0 Å². The average Bonchev–Trinajstić information content (AvgIpc) is 2.70. The number of nitrogens with two attached hydrogens (primary N) is 1. The van der Waals surface area contributed by atoms with Crippen LogP contribution in [0, 0.1) is 0 Å². The lowest BCUT2D eigenvalue weighted by Crippen LogP contribution is -2.53. The van der Waals surface area contributed by atoms with E-state index in [9.17, 15) is 34.2 Å². The van der Waals surface area contributed by atoms with Crippen LogP contribution in [0.3, 0.4) is 0 Å². The van der Waals surface area contributed by atoms with Crippen molar-refractivity contribution >= 4 is 35.3 Å². The highest BCUT2D eigenvalue weighted by atomic mass is 16.4. The van der Waals surface area contributed by atoms with Crippen molar-refractivity contribution in [3.8, 4) is 0 Å². The van der Waals surface area contributed by atoms with Crippen LogP contribution in [0.1, 0.15) is 30.1 Å². The highest BCUT2D eigenvalue weighted by Crippen LogP contribution is 2.20. The van der Waals surface area contributed by atoms with Gasteiger partial charge in [-0.1, -0.05) is 6.08 Å². The van der Waals surface area contributed by atoms with Crippen molar-refractivity contribution in [3.05, 3.63) is 41.5 Å². The molecule has 0 saturated heterocycles. The zero-order valence-electron chi connectivity index (χ0n) is 17.1. The first-order valence-corrected chi connectivity index (χ1v) is 9.55. The van der Waals surface area contributed by atoms with Gasteiger partial charge in [-0.2, -0.15) is 0 Å². The average molecular weight is 448 g/mol. The Morgan fingerprint density at radius 1 is 1.12 bits per heavy atom. The maximum atomic E-state index is 12.4. The second kappa shape index (κ2) is 10.5. The van der Waals surface area contributed by atoms with Gasteiger partial charge < -0.3 is 37.0 Å². The summed E-state index contributed by atoms with van der Waals surface area (Å²) in [4.78, 5) is 58.2. The molecule has 0 saturated carbocycles. The first-order chi connectivity index (χ1) is 15.0. The van der Waals surface area contributed by atoms with Crippen molar-refractivity contribution in [1.29, 1.82) is 0 Å². The van der Waals surface area contributed by atoms with E-state index in [1.165, 1.54) is 37.3 Å². The van der Waals surface area contributed by atoms with Gasteiger partial charge in [0.15, 0.2) is 5.78 Å². The van der Waals surface area contributed by atoms with Gasteiger partial charge >= 0.3 is 12.0 Å². The van der Waals surface area contributed by atoms with Crippen LogP contribution < -0.4 is 21.7 Å². The number of carboxylic acids is 1. The fraction of sp³-hybridized carbons (Fsp3) is 0.350. The van der Waals surface area contributed by atoms with Gasteiger partial charge in [-0.3, -0.25) is 19.2 Å². The number of aliphatic hydroxyl groups is 2. The minimum atomic E-state index is -1.47. The maximum Gasteiger partial charge on any atom is 0.319 e. The molecule has 4 atom stereocenters. The lowest BCUT2D eigenvalue weighted by atomic mass is 9.90. The summed E-state index contributed by atoms with van der Waals surface area (Å²) in [5, 5.41) is 36.2. The molecule has 0 radical (unpaired) electrons. The molecule has 1 aromatic carbocycles. The largest absolute Gasteiger partial charge is 0.481 e. The number of ketones is 1. The minimum Gasteiger partial charge on any atom is -0.481 e. The summed E-state index contributed by atoms with van der Waals surface area (Å²) < 4.78 is 0. The van der Waals surface area contributed by atoms with E-state index in [1.807, 2.05) is 0 Å². The number of carbonyl (C=O) groups is 5. The highest BCUT2D eigenvalue weighted by molar-refractivity contribution is 5.98. The predicted octanol–water partition coefficient (Wildman–Crippen LogP) is -1.12. The zero-order valence-corrected chi connectivity index (χ0v) is 17.1. The molecule has 0 heterocycles. The van der Waals surface area contributed by atoms with Crippen LogP contribution in [0.5, 0.6) is 0 Å². The summed E-state index contributed by atoms with van der Waals surface area (Å²) in [5.74, 6) is -3.41. The van der Waals surface area contributed by atoms with Crippen molar-refractivity contribution in [2.24, 2.45) is 5.73 Å². The smallest absolute Gasteiger partial charge is 0.319 e. The van der Waals surface area contributed by atoms with Gasteiger partial charge in [-0.25, -0.2) is 4.79 Å². The van der Waals surface area contributed by atoms with Crippen molar-refractivity contribution in [1.82, 2.24) is 10.6 Å². The minimum absolute atomic E-state index is 0.0736. The molecule has 1 aliphatic rings. The van der Waals surface area contributed by atoms with E-state index in [4.69, 9.17) is 10.8 Å². The third kappa shape index (κ3) is 6.62. The number of aliphatic carboxylic acids is 1. The molecular formula is C20H24N4O8. The number of primary amides is 1. The number of Topliss-reactive ketones (excluding diaryl/α,β-unsaturated/α-hetero) is 1. The molecule has 4 amide bonds. The number of amides is 4. The lowest BCUT2D eigenvalue weighted by molar-refractivity contribution is -0.140. The standard InChI is InChI=1S/C20H24N4O8/c1-9(25)10-2-4-12(5-3-10)22-20(32)24-13-6-11(7-15(26)17(13)29)19(31)23-14(18(21)30)8-16(27)28/h2-6,13-15,17,26,29H,7-8H2,1H3,(H2,21,30)(H,23,31)(H,27,28)(H2,22,24,32). The number of urea groups is 1. The van der Waals surface area contributed by atoms with Gasteiger partial charge in [-0.15, -0.1) is 0 Å². The summed E-state index contributed by atoms with van der Waals surface area (Å²) in [6.07, 6.45) is -2.66. The molecule has 0 spiro atoms. The van der Waals surface area contributed by atoms with Crippen LogP contribution in [0.4, 0.5) is 10.5 Å². The first kappa shape index (κ1) is 24.5. The van der Waals surface area contributed by atoms with E-state index < -0.39 is 54.5 Å². The van der Waals surface area contributed by atoms with E-state index in [2.05, 4.69) is 16.0 Å². The van der Waals surface area contributed by atoms with Crippen molar-refractivity contribution in [2.75, 3.05) is 5.32 Å². The number of hydrogen-bond acceptors (Lipinski definition) is 7. The van der Waals surface area contributed by atoms with Gasteiger partial charge in [0.25, 0.3) is 0 Å². The van der Waals surface area contributed by atoms with E-state index >= 15 is 0 Å². The van der Waals surface area contributed by atoms with Crippen molar-refractivity contribution < 1.29 is 39.3 Å². The van der Waals surface area contributed by atoms with Crippen LogP contribution in [-0.4, -0.2) is 69.2 Å². The molecule has 0 bridgehead atoms. The summed E-state index contributed by atoms with van der Waals surface area (Å²) in [5.41, 5.74) is 5.84. The Morgan fingerprint density at radius 2 is 1.75 bits per heavy atom. The Morgan fingerprint density at radius 3 is 2.28 bits per heavy atom. The Labute approximate surface area is 182 Å². The molecule has 8 N–H and O–H groups in total. The molecule has 0 fully saturated rings. The number of hydrogen-bond donors (Lipinski definition) is 7. The topological polar surface area (TPSA) is 208 Å². The predicted molar refractivity (Wildman–Crippen MR) is 110 cm³/mol. The van der Waals surface area contributed by atoms with Crippen LogP contribution in [-0.2, 0) is 14.4 Å². The van der Waals surface area contributed by atoms with Gasteiger partial charge in [0.1, 0.15) is 12.1 Å². The quantitative estimate of drug-likeness (QED) is 0.242. The summed E-state index contributed by atoms with van der Waals surface area (Å²) in [6.45, 7) is 1.40. The van der Waals surface area contributed by atoms with Crippen LogP contribution in [0.25, 0.3) is 0 Å². The normalized spacial score (nSPS) is 21.0. The third-order valence-electron chi connectivity index (χ3n) is 4.74. The van der Waals surface area contributed by atoms with E-state index in [1.54, 1.807) is 0 Å². The van der Waals surface area contributed by atoms with Crippen LogP contribution in [0.15, 0.2) is 35.9 Å². The Bertz CT molecular complexity index is 943. The van der Waals surface area contributed by atoms with Crippen LogP contribution >= 0.6 is 0 Å². The lowest BCUT2D eigenvalue weighted by Gasteiger charge is -2.31. The Hall–Kier alpha value is -3.77. The molecule has 12 nitrogen and oxygen atoms in total.